The molecular formula is C10H9F3O2. The smallest absolute Gasteiger partial charge is 0.348 e. The first-order valence-corrected chi connectivity index (χ1v) is 4.89. The maximum Gasteiger partial charge on any atom is 0.348 e. The van der Waals surface area contributed by atoms with Crippen molar-refractivity contribution in [1.29, 1.82) is 0 Å². The van der Waals surface area contributed by atoms with Crippen molar-refractivity contribution in [2.45, 2.75) is 18.0 Å². The lowest BCUT2D eigenvalue weighted by molar-refractivity contribution is -0.294. The van der Waals surface area contributed by atoms with Crippen molar-refractivity contribution in [2.75, 3.05) is 0 Å². The van der Waals surface area contributed by atoms with Gasteiger partial charge in [0.2, 0.25) is 0 Å². The predicted octanol–water partition coefficient (Wildman–Crippen LogP) is 1.87. The molecule has 15 heavy (non-hydrogen) atoms. The Morgan fingerprint density at radius 1 is 1.20 bits per heavy atom. The third-order valence-electron chi connectivity index (χ3n) is 4.13. The highest BCUT2D eigenvalue weighted by atomic mass is 19.3. The highest BCUT2D eigenvalue weighted by Crippen LogP contribution is 2.70. The lowest BCUT2D eigenvalue weighted by Gasteiger charge is -2.53. The lowest BCUT2D eigenvalue weighted by atomic mass is 9.55. The molecule has 5 atom stereocenters. The summed E-state index contributed by atoms with van der Waals surface area (Å²) in [6, 6.07) is 0. The highest BCUT2D eigenvalue weighted by Gasteiger charge is 2.85. The number of carboxylic acids is 1. The molecule has 0 aliphatic heterocycles. The number of carboxylic acid groups (broad SMARTS) is 1. The van der Waals surface area contributed by atoms with Crippen LogP contribution in [0.25, 0.3) is 0 Å². The van der Waals surface area contributed by atoms with E-state index in [0.29, 0.717) is 6.42 Å². The Bertz CT molecular complexity index is 379. The van der Waals surface area contributed by atoms with Crippen LogP contribution in [0.2, 0.25) is 0 Å². The second-order valence-electron chi connectivity index (χ2n) is 4.64. The highest BCUT2D eigenvalue weighted by molar-refractivity contribution is 5.82. The lowest BCUT2D eigenvalue weighted by Crippen LogP contribution is -2.73. The summed E-state index contributed by atoms with van der Waals surface area (Å²) in [5.74, 6) is -8.52. The summed E-state index contributed by atoms with van der Waals surface area (Å²) in [6.07, 6.45) is 3.82. The minimum absolute atomic E-state index is 0.319. The summed E-state index contributed by atoms with van der Waals surface area (Å²) in [5.41, 5.74) is -3.35. The number of alkyl halides is 3. The van der Waals surface area contributed by atoms with E-state index in [9.17, 15) is 18.0 Å². The molecule has 0 aromatic rings. The first kappa shape index (κ1) is 9.24. The van der Waals surface area contributed by atoms with Crippen LogP contribution in [0.1, 0.15) is 6.42 Å². The van der Waals surface area contributed by atoms with E-state index in [4.69, 9.17) is 5.11 Å². The minimum Gasteiger partial charge on any atom is -0.479 e. The molecular weight excluding hydrogens is 209 g/mol. The maximum atomic E-state index is 13.8. The average molecular weight is 218 g/mol. The van der Waals surface area contributed by atoms with Gasteiger partial charge in [-0.3, -0.25) is 0 Å². The first-order chi connectivity index (χ1) is 6.90. The van der Waals surface area contributed by atoms with E-state index in [0.717, 1.165) is 0 Å². The summed E-state index contributed by atoms with van der Waals surface area (Å²) in [5, 5.41) is 8.62. The van der Waals surface area contributed by atoms with E-state index in [1.54, 1.807) is 12.2 Å². The maximum absolute atomic E-state index is 13.8. The monoisotopic (exact) mass is 218 g/mol. The van der Waals surface area contributed by atoms with Gasteiger partial charge in [-0.1, -0.05) is 12.2 Å². The third kappa shape index (κ3) is 0.712. The minimum atomic E-state index is -3.71. The second kappa shape index (κ2) is 2.23. The van der Waals surface area contributed by atoms with Crippen molar-refractivity contribution in [3.63, 3.8) is 0 Å². The van der Waals surface area contributed by atoms with Gasteiger partial charge in [0.05, 0.1) is 0 Å². The molecule has 1 N–H and O–H groups in total. The van der Waals surface area contributed by atoms with Crippen LogP contribution in [0, 0.1) is 23.7 Å². The predicted molar refractivity (Wildman–Crippen MR) is 44.1 cm³/mol. The fourth-order valence-corrected chi connectivity index (χ4v) is 3.51. The van der Waals surface area contributed by atoms with E-state index in [1.165, 1.54) is 0 Å². The number of hydrogen-bond donors (Lipinski definition) is 1. The van der Waals surface area contributed by atoms with Gasteiger partial charge in [-0.2, -0.15) is 0 Å². The van der Waals surface area contributed by atoms with Gasteiger partial charge in [0.1, 0.15) is 0 Å². The van der Waals surface area contributed by atoms with E-state index in [1.807, 2.05) is 0 Å². The Kier molecular flexibility index (Phi) is 1.37. The molecule has 0 saturated heterocycles. The number of carbonyl (C=O) groups is 1. The van der Waals surface area contributed by atoms with Crippen LogP contribution < -0.4 is 0 Å². The van der Waals surface area contributed by atoms with Crippen molar-refractivity contribution >= 4 is 5.97 Å². The van der Waals surface area contributed by atoms with E-state index in [-0.39, 0.29) is 11.8 Å². The summed E-state index contributed by atoms with van der Waals surface area (Å²) in [7, 11) is 0. The first-order valence-electron chi connectivity index (χ1n) is 4.89. The molecule has 0 aromatic heterocycles. The summed E-state index contributed by atoms with van der Waals surface area (Å²) < 4.78 is 40.8. The molecule has 3 aliphatic carbocycles. The third-order valence-corrected chi connectivity index (χ3v) is 4.13. The Morgan fingerprint density at radius 3 is 2.27 bits per heavy atom. The number of rotatable bonds is 1. The molecule has 2 fully saturated rings. The van der Waals surface area contributed by atoms with Crippen LogP contribution in [-0.4, -0.2) is 22.7 Å². The molecule has 0 radical (unpaired) electrons. The van der Waals surface area contributed by atoms with Gasteiger partial charge < -0.3 is 5.11 Å². The van der Waals surface area contributed by atoms with Gasteiger partial charge in [-0.05, 0) is 18.3 Å². The largest absolute Gasteiger partial charge is 0.479 e. The quantitative estimate of drug-likeness (QED) is 0.682. The van der Waals surface area contributed by atoms with E-state index >= 15 is 0 Å². The topological polar surface area (TPSA) is 37.3 Å². The van der Waals surface area contributed by atoms with Gasteiger partial charge in [0.25, 0.3) is 11.6 Å². The number of fused-ring (bicyclic) bond motifs is 5. The summed E-state index contributed by atoms with van der Waals surface area (Å²) >= 11 is 0. The normalized spacial score (nSPS) is 53.8. The number of allylic oxidation sites excluding steroid dienone is 2. The van der Waals surface area contributed by atoms with Crippen LogP contribution >= 0.6 is 0 Å². The van der Waals surface area contributed by atoms with Crippen LogP contribution in [0.15, 0.2) is 12.2 Å². The summed E-state index contributed by atoms with van der Waals surface area (Å²) in [6.45, 7) is 0. The summed E-state index contributed by atoms with van der Waals surface area (Å²) in [4.78, 5) is 10.7. The SMILES string of the molecule is O=C(O)C1(F)C2C3C=CC(C3)C2C1(F)F. The number of hydrogen-bond acceptors (Lipinski definition) is 1. The molecule has 2 nitrogen and oxygen atoms in total. The molecule has 0 aromatic carbocycles. The molecule has 2 saturated carbocycles. The molecule has 3 aliphatic rings. The fraction of sp³-hybridized carbons (Fsp3) is 0.700. The molecule has 0 heterocycles. The molecule has 0 spiro atoms. The van der Waals surface area contributed by atoms with Gasteiger partial charge in [0, 0.05) is 11.8 Å². The molecule has 2 bridgehead atoms. The van der Waals surface area contributed by atoms with Crippen molar-refractivity contribution in [1.82, 2.24) is 0 Å². The zero-order valence-corrected chi connectivity index (χ0v) is 7.66. The van der Waals surface area contributed by atoms with Crippen LogP contribution in [0.5, 0.6) is 0 Å². The van der Waals surface area contributed by atoms with Crippen molar-refractivity contribution < 1.29 is 23.1 Å². The molecule has 82 valence electrons. The standard InChI is InChI=1S/C10H9F3O2/c11-9(8(14)15)6-4-1-2-5(3-4)7(6)10(9,12)13/h1-2,4-7H,3H2,(H,14,15). The fourth-order valence-electron chi connectivity index (χ4n) is 3.51. The van der Waals surface area contributed by atoms with Crippen molar-refractivity contribution in [3.05, 3.63) is 12.2 Å². The van der Waals surface area contributed by atoms with Gasteiger partial charge in [-0.15, -0.1) is 0 Å². The number of halogens is 3. The average Bonchev–Trinajstić information content (AvgIpc) is 2.73. The zero-order valence-electron chi connectivity index (χ0n) is 7.66. The molecule has 5 heteroatoms. The van der Waals surface area contributed by atoms with Crippen LogP contribution in [0.4, 0.5) is 13.2 Å². The zero-order chi connectivity index (χ0) is 11.0. The van der Waals surface area contributed by atoms with Crippen molar-refractivity contribution in [2.24, 2.45) is 23.7 Å². The number of aliphatic carboxylic acids is 1. The van der Waals surface area contributed by atoms with Crippen LogP contribution in [0.3, 0.4) is 0 Å². The van der Waals surface area contributed by atoms with Gasteiger partial charge >= 0.3 is 5.97 Å². The van der Waals surface area contributed by atoms with E-state index in [2.05, 4.69) is 0 Å². The van der Waals surface area contributed by atoms with Crippen molar-refractivity contribution in [3.8, 4) is 0 Å². The van der Waals surface area contributed by atoms with Crippen LogP contribution in [-0.2, 0) is 4.79 Å². The molecule has 3 rings (SSSR count). The Hall–Kier alpha value is -1.00. The van der Waals surface area contributed by atoms with Gasteiger partial charge in [-0.25, -0.2) is 18.0 Å². The van der Waals surface area contributed by atoms with Gasteiger partial charge in [0.15, 0.2) is 0 Å². The molecule has 5 unspecified atom stereocenters. The van der Waals surface area contributed by atoms with E-state index < -0.39 is 29.4 Å². The Labute approximate surface area is 83.8 Å². The second-order valence-corrected chi connectivity index (χ2v) is 4.64. The Morgan fingerprint density at radius 2 is 1.73 bits per heavy atom. The molecule has 0 amide bonds. The Balaban J connectivity index is 2.07.